The molecule has 1 aromatic heterocycles. The fourth-order valence-corrected chi connectivity index (χ4v) is 2.78. The highest BCUT2D eigenvalue weighted by Crippen LogP contribution is 2.31. The Morgan fingerprint density at radius 2 is 1.83 bits per heavy atom. The van der Waals surface area contributed by atoms with Gasteiger partial charge in [-0.15, -0.1) is 0 Å². The summed E-state index contributed by atoms with van der Waals surface area (Å²) in [6.45, 7) is 2.82. The smallest absolute Gasteiger partial charge is 0.254 e. The van der Waals surface area contributed by atoms with E-state index in [1.54, 1.807) is 31.6 Å². The van der Waals surface area contributed by atoms with Gasteiger partial charge in [-0.05, 0) is 30.3 Å². The number of amides is 1. The van der Waals surface area contributed by atoms with E-state index in [-0.39, 0.29) is 5.91 Å². The fourth-order valence-electron chi connectivity index (χ4n) is 2.78. The minimum Gasteiger partial charge on any atom is -0.495 e. The maximum Gasteiger partial charge on any atom is 0.254 e. The van der Waals surface area contributed by atoms with Crippen molar-refractivity contribution in [3.63, 3.8) is 0 Å². The summed E-state index contributed by atoms with van der Waals surface area (Å²) in [5.74, 6) is 0.847. The number of nitrogens with zero attached hydrogens (tertiary/aromatic N) is 3. The average molecular weight is 312 g/mol. The number of carbonyl (C=O) groups excluding carboxylic acids is 1. The molecule has 2 N–H and O–H groups in total. The van der Waals surface area contributed by atoms with Crippen LogP contribution in [0.1, 0.15) is 10.4 Å². The minimum absolute atomic E-state index is 0.0478. The van der Waals surface area contributed by atoms with Crippen molar-refractivity contribution >= 4 is 17.3 Å². The summed E-state index contributed by atoms with van der Waals surface area (Å²) >= 11 is 0. The SMILES string of the molecule is COc1ccc(N)cc1N1CCN(C(=O)c2ccncc2)CC1. The lowest BCUT2D eigenvalue weighted by molar-refractivity contribution is 0.0746. The normalized spacial score (nSPS) is 14.7. The van der Waals surface area contributed by atoms with Gasteiger partial charge in [0.15, 0.2) is 0 Å². The summed E-state index contributed by atoms with van der Waals surface area (Å²) in [6.07, 6.45) is 3.28. The van der Waals surface area contributed by atoms with Crippen molar-refractivity contribution in [2.45, 2.75) is 0 Å². The first-order valence-corrected chi connectivity index (χ1v) is 7.57. The van der Waals surface area contributed by atoms with Crippen LogP contribution < -0.4 is 15.4 Å². The third kappa shape index (κ3) is 3.21. The number of methoxy groups -OCH3 is 1. The molecule has 1 aliphatic rings. The minimum atomic E-state index is 0.0478. The molecular weight excluding hydrogens is 292 g/mol. The average Bonchev–Trinajstić information content (AvgIpc) is 2.62. The Hall–Kier alpha value is -2.76. The van der Waals surface area contributed by atoms with E-state index in [0.29, 0.717) is 24.3 Å². The standard InChI is InChI=1S/C17H20N4O2/c1-23-16-3-2-14(18)12-15(16)20-8-10-21(11-9-20)17(22)13-4-6-19-7-5-13/h2-7,12H,8-11,18H2,1H3. The van der Waals surface area contributed by atoms with Gasteiger partial charge >= 0.3 is 0 Å². The van der Waals surface area contributed by atoms with Gasteiger partial charge in [-0.2, -0.15) is 0 Å². The molecule has 0 unspecified atom stereocenters. The molecule has 6 heteroatoms. The summed E-state index contributed by atoms with van der Waals surface area (Å²) < 4.78 is 5.41. The van der Waals surface area contributed by atoms with Crippen LogP contribution in [-0.4, -0.2) is 49.1 Å². The van der Waals surface area contributed by atoms with E-state index in [0.717, 1.165) is 24.5 Å². The van der Waals surface area contributed by atoms with Crippen molar-refractivity contribution in [2.24, 2.45) is 0 Å². The predicted molar refractivity (Wildman–Crippen MR) is 89.8 cm³/mol. The molecule has 0 saturated carbocycles. The highest BCUT2D eigenvalue weighted by Gasteiger charge is 2.23. The van der Waals surface area contributed by atoms with Crippen LogP contribution in [-0.2, 0) is 0 Å². The maximum absolute atomic E-state index is 12.5. The van der Waals surface area contributed by atoms with Gasteiger partial charge in [-0.25, -0.2) is 0 Å². The van der Waals surface area contributed by atoms with Gasteiger partial charge in [0.25, 0.3) is 5.91 Å². The first kappa shape index (κ1) is 15.1. The molecule has 1 saturated heterocycles. The number of aromatic nitrogens is 1. The van der Waals surface area contributed by atoms with Crippen molar-refractivity contribution in [3.05, 3.63) is 48.3 Å². The van der Waals surface area contributed by atoms with E-state index in [1.165, 1.54) is 0 Å². The van der Waals surface area contributed by atoms with Crippen LogP contribution in [0.25, 0.3) is 0 Å². The molecule has 1 amide bonds. The van der Waals surface area contributed by atoms with Crippen molar-refractivity contribution in [2.75, 3.05) is 43.9 Å². The molecule has 2 aromatic rings. The Morgan fingerprint density at radius 3 is 2.48 bits per heavy atom. The number of benzene rings is 1. The number of carbonyl (C=O) groups is 1. The monoisotopic (exact) mass is 312 g/mol. The van der Waals surface area contributed by atoms with Crippen LogP contribution >= 0.6 is 0 Å². The second kappa shape index (κ2) is 6.56. The molecule has 3 rings (SSSR count). The summed E-state index contributed by atoms with van der Waals surface area (Å²) in [6, 6.07) is 9.11. The van der Waals surface area contributed by atoms with E-state index in [9.17, 15) is 4.79 Å². The fraction of sp³-hybridized carbons (Fsp3) is 0.294. The van der Waals surface area contributed by atoms with Gasteiger partial charge in [0.05, 0.1) is 12.8 Å². The van der Waals surface area contributed by atoms with Crippen molar-refractivity contribution < 1.29 is 9.53 Å². The van der Waals surface area contributed by atoms with E-state index < -0.39 is 0 Å². The number of nitrogen functional groups attached to an aromatic ring is 1. The second-order valence-electron chi connectivity index (χ2n) is 5.45. The molecule has 23 heavy (non-hydrogen) atoms. The third-order valence-corrected chi connectivity index (χ3v) is 4.04. The molecule has 1 aliphatic heterocycles. The van der Waals surface area contributed by atoms with E-state index in [4.69, 9.17) is 10.5 Å². The number of anilines is 2. The highest BCUT2D eigenvalue weighted by molar-refractivity contribution is 5.94. The summed E-state index contributed by atoms with van der Waals surface area (Å²) in [4.78, 5) is 20.5. The Kier molecular flexibility index (Phi) is 4.32. The molecule has 1 fully saturated rings. The summed E-state index contributed by atoms with van der Waals surface area (Å²) in [5, 5.41) is 0. The number of nitrogens with two attached hydrogens (primary N) is 1. The number of hydrogen-bond donors (Lipinski definition) is 1. The van der Waals surface area contributed by atoms with Crippen molar-refractivity contribution in [1.82, 2.24) is 9.88 Å². The molecule has 0 atom stereocenters. The molecule has 0 aliphatic carbocycles. The third-order valence-electron chi connectivity index (χ3n) is 4.04. The predicted octanol–water partition coefficient (Wildman–Crippen LogP) is 1.63. The van der Waals surface area contributed by atoms with Crippen molar-refractivity contribution in [3.8, 4) is 5.75 Å². The van der Waals surface area contributed by atoms with E-state index in [1.807, 2.05) is 23.1 Å². The molecule has 0 radical (unpaired) electrons. The van der Waals surface area contributed by atoms with Gasteiger partial charge in [0, 0.05) is 49.8 Å². The van der Waals surface area contributed by atoms with Gasteiger partial charge in [0.1, 0.15) is 5.75 Å². The number of piperazine rings is 1. The lowest BCUT2D eigenvalue weighted by Crippen LogP contribution is -2.48. The van der Waals surface area contributed by atoms with E-state index >= 15 is 0 Å². The topological polar surface area (TPSA) is 71.7 Å². The van der Waals surface area contributed by atoms with Gasteiger partial charge in [-0.1, -0.05) is 0 Å². The quantitative estimate of drug-likeness (QED) is 0.872. The first-order valence-electron chi connectivity index (χ1n) is 7.57. The largest absolute Gasteiger partial charge is 0.495 e. The van der Waals surface area contributed by atoms with Gasteiger partial charge in [0.2, 0.25) is 0 Å². The molecule has 1 aromatic carbocycles. The van der Waals surface area contributed by atoms with Crippen LogP contribution in [0.5, 0.6) is 5.75 Å². The Morgan fingerprint density at radius 1 is 1.13 bits per heavy atom. The van der Waals surface area contributed by atoms with Crippen LogP contribution in [0.3, 0.4) is 0 Å². The second-order valence-corrected chi connectivity index (χ2v) is 5.45. The van der Waals surface area contributed by atoms with Crippen LogP contribution in [0.2, 0.25) is 0 Å². The zero-order chi connectivity index (χ0) is 16.2. The Bertz CT molecular complexity index is 682. The van der Waals surface area contributed by atoms with Crippen LogP contribution in [0.15, 0.2) is 42.7 Å². The molecule has 0 bridgehead atoms. The summed E-state index contributed by atoms with van der Waals surface area (Å²) in [7, 11) is 1.65. The number of hydrogen-bond acceptors (Lipinski definition) is 5. The molecule has 0 spiro atoms. The molecular formula is C17H20N4O2. The highest BCUT2D eigenvalue weighted by atomic mass is 16.5. The summed E-state index contributed by atoms with van der Waals surface area (Å²) in [5.41, 5.74) is 8.24. The van der Waals surface area contributed by atoms with Crippen LogP contribution in [0.4, 0.5) is 11.4 Å². The van der Waals surface area contributed by atoms with Crippen LogP contribution in [0, 0.1) is 0 Å². The zero-order valence-corrected chi connectivity index (χ0v) is 13.1. The maximum atomic E-state index is 12.5. The lowest BCUT2D eigenvalue weighted by atomic mass is 10.2. The van der Waals surface area contributed by atoms with Gasteiger partial charge in [-0.3, -0.25) is 9.78 Å². The number of pyridine rings is 1. The molecule has 6 nitrogen and oxygen atoms in total. The first-order chi connectivity index (χ1) is 11.2. The number of rotatable bonds is 3. The van der Waals surface area contributed by atoms with E-state index in [2.05, 4.69) is 9.88 Å². The molecule has 120 valence electrons. The molecule has 2 heterocycles. The Balaban J connectivity index is 1.69. The number of ether oxygens (including phenoxy) is 1. The van der Waals surface area contributed by atoms with Gasteiger partial charge < -0.3 is 20.3 Å². The van der Waals surface area contributed by atoms with Crippen molar-refractivity contribution in [1.29, 1.82) is 0 Å². The Labute approximate surface area is 135 Å². The lowest BCUT2D eigenvalue weighted by Gasteiger charge is -2.36. The zero-order valence-electron chi connectivity index (χ0n) is 13.1.